The van der Waals surface area contributed by atoms with Crippen molar-refractivity contribution in [2.45, 2.75) is 46.1 Å². The van der Waals surface area contributed by atoms with Crippen molar-refractivity contribution in [1.82, 2.24) is 9.80 Å². The number of likely N-dealkylation sites (tertiary alicyclic amines) is 1. The van der Waals surface area contributed by atoms with E-state index in [-0.39, 0.29) is 11.9 Å². The lowest BCUT2D eigenvalue weighted by Gasteiger charge is -2.25. The Morgan fingerprint density at radius 2 is 1.91 bits per heavy atom. The van der Waals surface area contributed by atoms with E-state index in [1.165, 1.54) is 5.56 Å². The Balaban J connectivity index is 1.99. The number of anilines is 1. The molecule has 0 radical (unpaired) electrons. The van der Waals surface area contributed by atoms with Crippen LogP contribution in [-0.4, -0.2) is 55.5 Å². The highest BCUT2D eigenvalue weighted by molar-refractivity contribution is 5.96. The molecule has 0 aliphatic carbocycles. The fourth-order valence-electron chi connectivity index (χ4n) is 3.56. The normalized spacial score (nSPS) is 18.6. The molecule has 0 spiro atoms. The Labute approximate surface area is 140 Å². The summed E-state index contributed by atoms with van der Waals surface area (Å²) in [5.74, 6) is 0.155. The zero-order chi connectivity index (χ0) is 17.0. The van der Waals surface area contributed by atoms with Gasteiger partial charge in [0.1, 0.15) is 0 Å². The van der Waals surface area contributed by atoms with Gasteiger partial charge in [-0.1, -0.05) is 17.7 Å². The van der Waals surface area contributed by atoms with E-state index in [9.17, 15) is 4.79 Å². The molecular weight excluding hydrogens is 286 g/mol. The second-order valence-electron chi connectivity index (χ2n) is 7.11. The number of nitrogens with zero attached hydrogens (tertiary/aromatic N) is 2. The largest absolute Gasteiger partial charge is 0.324 e. The first-order chi connectivity index (χ1) is 10.9. The van der Waals surface area contributed by atoms with Crippen LogP contribution in [0.15, 0.2) is 12.1 Å². The lowest BCUT2D eigenvalue weighted by atomic mass is 10.0. The summed E-state index contributed by atoms with van der Waals surface area (Å²) < 4.78 is 0. The Morgan fingerprint density at radius 3 is 2.52 bits per heavy atom. The van der Waals surface area contributed by atoms with Crippen LogP contribution in [0.25, 0.3) is 0 Å². The number of benzene rings is 1. The third-order valence-corrected chi connectivity index (χ3v) is 4.64. The van der Waals surface area contributed by atoms with Gasteiger partial charge in [-0.15, -0.1) is 0 Å². The molecule has 2 rings (SSSR count). The van der Waals surface area contributed by atoms with Crippen LogP contribution in [0.3, 0.4) is 0 Å². The van der Waals surface area contributed by atoms with Crippen LogP contribution < -0.4 is 5.32 Å². The first-order valence-corrected chi connectivity index (χ1v) is 8.66. The summed E-state index contributed by atoms with van der Waals surface area (Å²) in [5.41, 5.74) is 4.52. The minimum Gasteiger partial charge on any atom is -0.324 e. The Kier molecular flexibility index (Phi) is 6.19. The lowest BCUT2D eigenvalue weighted by Crippen LogP contribution is -2.40. The van der Waals surface area contributed by atoms with Crippen molar-refractivity contribution in [3.63, 3.8) is 0 Å². The predicted octanol–water partition coefficient (Wildman–Crippen LogP) is 2.97. The summed E-state index contributed by atoms with van der Waals surface area (Å²) in [4.78, 5) is 17.3. The first-order valence-electron chi connectivity index (χ1n) is 8.66. The van der Waals surface area contributed by atoms with Crippen molar-refractivity contribution >= 4 is 11.6 Å². The number of hydrogen-bond acceptors (Lipinski definition) is 3. The van der Waals surface area contributed by atoms with Gasteiger partial charge in [-0.05, 0) is 78.3 Å². The number of hydrogen-bond donors (Lipinski definition) is 1. The number of rotatable bonds is 6. The number of amides is 1. The van der Waals surface area contributed by atoms with E-state index in [4.69, 9.17) is 0 Å². The van der Waals surface area contributed by atoms with Gasteiger partial charge >= 0.3 is 0 Å². The van der Waals surface area contributed by atoms with Crippen molar-refractivity contribution in [2.75, 3.05) is 39.0 Å². The fraction of sp³-hybridized carbons (Fsp3) is 0.632. The molecule has 0 aromatic heterocycles. The molecule has 1 atom stereocenters. The molecule has 4 nitrogen and oxygen atoms in total. The highest BCUT2D eigenvalue weighted by Crippen LogP contribution is 2.24. The minimum absolute atomic E-state index is 0.0252. The topological polar surface area (TPSA) is 35.6 Å². The average Bonchev–Trinajstić information content (AvgIpc) is 2.90. The summed E-state index contributed by atoms with van der Waals surface area (Å²) in [6.45, 7) is 9.34. The van der Waals surface area contributed by atoms with Gasteiger partial charge in [0.25, 0.3) is 0 Å². The number of aryl methyl sites for hydroxylation is 3. The molecule has 1 fully saturated rings. The van der Waals surface area contributed by atoms with Crippen LogP contribution in [0.4, 0.5) is 5.69 Å². The third-order valence-electron chi connectivity index (χ3n) is 4.64. The summed E-state index contributed by atoms with van der Waals surface area (Å²) in [5, 5.41) is 3.19. The standard InChI is InChI=1S/C19H31N3O/c1-14-12-15(2)18(16(3)13-14)20-19(23)17-8-6-10-22(17)11-7-9-21(4)5/h12-13,17H,6-11H2,1-5H3,(H,20,23)/t17-/m1/s1. The van der Waals surface area contributed by atoms with Gasteiger partial charge in [-0.25, -0.2) is 0 Å². The van der Waals surface area contributed by atoms with Crippen LogP contribution in [0.1, 0.15) is 36.0 Å². The smallest absolute Gasteiger partial charge is 0.241 e. The van der Waals surface area contributed by atoms with E-state index in [0.29, 0.717) is 0 Å². The van der Waals surface area contributed by atoms with E-state index in [0.717, 1.165) is 55.7 Å². The van der Waals surface area contributed by atoms with Crippen molar-refractivity contribution in [3.05, 3.63) is 28.8 Å². The van der Waals surface area contributed by atoms with E-state index in [2.05, 4.69) is 62.1 Å². The zero-order valence-electron chi connectivity index (χ0n) is 15.3. The second kappa shape index (κ2) is 7.93. The Morgan fingerprint density at radius 1 is 1.26 bits per heavy atom. The molecule has 1 aliphatic rings. The van der Waals surface area contributed by atoms with Crippen molar-refractivity contribution in [1.29, 1.82) is 0 Å². The molecule has 1 N–H and O–H groups in total. The van der Waals surface area contributed by atoms with Crippen molar-refractivity contribution < 1.29 is 4.79 Å². The molecule has 1 aliphatic heterocycles. The summed E-state index contributed by atoms with van der Waals surface area (Å²) in [7, 11) is 4.19. The Hall–Kier alpha value is -1.39. The molecule has 1 aromatic carbocycles. The number of carbonyl (C=O) groups excluding carboxylic acids is 1. The van der Waals surface area contributed by atoms with Gasteiger partial charge in [0, 0.05) is 12.2 Å². The van der Waals surface area contributed by atoms with Crippen LogP contribution in [0.5, 0.6) is 0 Å². The maximum absolute atomic E-state index is 12.7. The van der Waals surface area contributed by atoms with Gasteiger partial charge in [0.2, 0.25) is 5.91 Å². The summed E-state index contributed by atoms with van der Waals surface area (Å²) in [6.07, 6.45) is 3.20. The quantitative estimate of drug-likeness (QED) is 0.876. The van der Waals surface area contributed by atoms with E-state index in [1.807, 2.05) is 0 Å². The van der Waals surface area contributed by atoms with Gasteiger partial charge < -0.3 is 10.2 Å². The highest BCUT2D eigenvalue weighted by Gasteiger charge is 2.30. The second-order valence-corrected chi connectivity index (χ2v) is 7.11. The molecule has 1 heterocycles. The molecule has 23 heavy (non-hydrogen) atoms. The number of nitrogens with one attached hydrogen (secondary N) is 1. The molecular formula is C19H31N3O. The van der Waals surface area contributed by atoms with Gasteiger partial charge in [-0.2, -0.15) is 0 Å². The third kappa shape index (κ3) is 4.79. The zero-order valence-corrected chi connectivity index (χ0v) is 15.3. The SMILES string of the molecule is Cc1cc(C)c(NC(=O)[C@H]2CCCN2CCCN(C)C)c(C)c1. The van der Waals surface area contributed by atoms with Crippen LogP contribution >= 0.6 is 0 Å². The molecule has 1 aromatic rings. The van der Waals surface area contributed by atoms with Crippen LogP contribution in [0.2, 0.25) is 0 Å². The lowest BCUT2D eigenvalue weighted by molar-refractivity contribution is -0.120. The molecule has 0 bridgehead atoms. The minimum atomic E-state index is 0.0252. The van der Waals surface area contributed by atoms with E-state index in [1.54, 1.807) is 0 Å². The molecule has 4 heteroatoms. The first kappa shape index (κ1) is 18.0. The predicted molar refractivity (Wildman–Crippen MR) is 97.0 cm³/mol. The maximum Gasteiger partial charge on any atom is 0.241 e. The molecule has 0 unspecified atom stereocenters. The van der Waals surface area contributed by atoms with Crippen LogP contribution in [0, 0.1) is 20.8 Å². The monoisotopic (exact) mass is 317 g/mol. The van der Waals surface area contributed by atoms with E-state index >= 15 is 0 Å². The molecule has 1 amide bonds. The Bertz CT molecular complexity index is 531. The summed E-state index contributed by atoms with van der Waals surface area (Å²) in [6, 6.07) is 4.29. The van der Waals surface area contributed by atoms with Gasteiger partial charge in [0.15, 0.2) is 0 Å². The summed E-state index contributed by atoms with van der Waals surface area (Å²) >= 11 is 0. The maximum atomic E-state index is 12.7. The molecule has 1 saturated heterocycles. The average molecular weight is 317 g/mol. The fourth-order valence-corrected chi connectivity index (χ4v) is 3.56. The van der Waals surface area contributed by atoms with Crippen molar-refractivity contribution in [3.8, 4) is 0 Å². The van der Waals surface area contributed by atoms with Crippen molar-refractivity contribution in [2.24, 2.45) is 0 Å². The molecule has 128 valence electrons. The highest BCUT2D eigenvalue weighted by atomic mass is 16.2. The van der Waals surface area contributed by atoms with Gasteiger partial charge in [-0.3, -0.25) is 9.69 Å². The van der Waals surface area contributed by atoms with Crippen LogP contribution in [-0.2, 0) is 4.79 Å². The van der Waals surface area contributed by atoms with Gasteiger partial charge in [0.05, 0.1) is 6.04 Å². The molecule has 0 saturated carbocycles. The van der Waals surface area contributed by atoms with E-state index < -0.39 is 0 Å². The number of carbonyl (C=O) groups is 1.